The predicted molar refractivity (Wildman–Crippen MR) is 75.2 cm³/mol. The van der Waals surface area contributed by atoms with Crippen LogP contribution in [-0.2, 0) is 6.42 Å². The highest BCUT2D eigenvalue weighted by Gasteiger charge is 2.19. The molecule has 0 saturated heterocycles. The van der Waals surface area contributed by atoms with E-state index in [0.29, 0.717) is 5.75 Å². The number of nitro benzene ring substituents is 1. The van der Waals surface area contributed by atoms with Crippen molar-refractivity contribution in [1.29, 1.82) is 0 Å². The van der Waals surface area contributed by atoms with Gasteiger partial charge in [0.15, 0.2) is 5.82 Å². The molecule has 2 heterocycles. The lowest BCUT2D eigenvalue weighted by Gasteiger charge is -2.13. The van der Waals surface area contributed by atoms with Crippen molar-refractivity contribution < 1.29 is 21.9 Å². The van der Waals surface area contributed by atoms with Crippen LogP contribution in [0.2, 0.25) is 0 Å². The van der Waals surface area contributed by atoms with E-state index in [2.05, 4.69) is 15.3 Å². The normalized spacial score (nSPS) is 13.1. The van der Waals surface area contributed by atoms with Gasteiger partial charge in [0.25, 0.3) is 5.69 Å². The van der Waals surface area contributed by atoms with E-state index in [-0.39, 0.29) is 22.7 Å². The van der Waals surface area contributed by atoms with Crippen molar-refractivity contribution in [3.05, 3.63) is 45.8 Å². The van der Waals surface area contributed by atoms with Crippen molar-refractivity contribution in [2.75, 3.05) is 5.75 Å². The monoisotopic (exact) mass is 368 g/mol. The van der Waals surface area contributed by atoms with Crippen LogP contribution in [0.15, 0.2) is 34.5 Å². The van der Waals surface area contributed by atoms with E-state index >= 15 is 0 Å². The number of thioether (sulfide) groups is 1. The number of nitro groups is 1. The van der Waals surface area contributed by atoms with Crippen LogP contribution in [0.1, 0.15) is 18.3 Å². The zero-order valence-corrected chi connectivity index (χ0v) is 13.5. The van der Waals surface area contributed by atoms with Crippen molar-refractivity contribution in [2.45, 2.75) is 18.5 Å². The van der Waals surface area contributed by atoms with Gasteiger partial charge in [0, 0.05) is 24.3 Å². The van der Waals surface area contributed by atoms with Crippen LogP contribution in [0.3, 0.4) is 0 Å². The Morgan fingerprint density at radius 2 is 2.05 bits per heavy atom. The minimum atomic E-state index is -0.408. The smallest absolute Gasteiger partial charge is 0.269 e. The number of hydrogen-bond donors (Lipinski definition) is 0. The first-order valence-electron chi connectivity index (χ1n) is 6.09. The molecule has 1 aliphatic rings. The third-order valence-electron chi connectivity index (χ3n) is 2.96. The summed E-state index contributed by atoms with van der Waals surface area (Å²) in [6, 6.07) is 6.42. The highest BCUT2D eigenvalue weighted by molar-refractivity contribution is 7.99. The van der Waals surface area contributed by atoms with Crippen LogP contribution in [-0.4, -0.2) is 31.3 Å². The van der Waals surface area contributed by atoms with Crippen LogP contribution >= 0.6 is 11.8 Å². The Bertz CT molecular complexity index is 698. The first-order valence-corrected chi connectivity index (χ1v) is 7.07. The van der Waals surface area contributed by atoms with Gasteiger partial charge in [0.1, 0.15) is 0 Å². The number of fused-ring (bicyclic) bond motifs is 1. The van der Waals surface area contributed by atoms with Crippen molar-refractivity contribution >= 4 is 23.2 Å². The Balaban J connectivity index is 0.00000161. The predicted octanol–water partition coefficient (Wildman–Crippen LogP) is -0.889. The molecule has 9 heteroatoms. The molecular weight excluding hydrogens is 358 g/mol. The summed E-state index contributed by atoms with van der Waals surface area (Å²) < 4.78 is 1.74. The first kappa shape index (κ1) is 15.6. The highest BCUT2D eigenvalue weighted by atomic mass is 79.9. The van der Waals surface area contributed by atoms with E-state index in [4.69, 9.17) is 0 Å². The molecule has 110 valence electrons. The number of rotatable bonds is 3. The van der Waals surface area contributed by atoms with E-state index in [9.17, 15) is 10.1 Å². The fourth-order valence-electron chi connectivity index (χ4n) is 1.91. The molecule has 1 aromatic carbocycles. The van der Waals surface area contributed by atoms with Crippen LogP contribution in [0.5, 0.6) is 0 Å². The van der Waals surface area contributed by atoms with E-state index in [1.54, 1.807) is 28.6 Å². The molecule has 0 unspecified atom stereocenters. The Morgan fingerprint density at radius 1 is 1.33 bits per heavy atom. The van der Waals surface area contributed by atoms with Crippen molar-refractivity contribution in [3.63, 3.8) is 0 Å². The molecule has 2 aromatic rings. The molecule has 0 atom stereocenters. The molecule has 0 N–H and O–H groups in total. The lowest BCUT2D eigenvalue weighted by molar-refractivity contribution is -0.384. The largest absolute Gasteiger partial charge is 1.00 e. The second-order valence-corrected chi connectivity index (χ2v) is 5.15. The molecule has 0 spiro atoms. The minimum Gasteiger partial charge on any atom is -1.00 e. The molecular formula is C12H11BrN5O2S-. The molecule has 3 rings (SSSR count). The maximum absolute atomic E-state index is 10.7. The zero-order valence-electron chi connectivity index (χ0n) is 11.1. The molecule has 0 radical (unpaired) electrons. The Kier molecular flexibility index (Phi) is 4.73. The quantitative estimate of drug-likeness (QED) is 0.518. The summed E-state index contributed by atoms with van der Waals surface area (Å²) in [6.45, 7) is 2.00. The third kappa shape index (κ3) is 2.98. The maximum Gasteiger partial charge on any atom is 0.269 e. The van der Waals surface area contributed by atoms with Gasteiger partial charge < -0.3 is 17.0 Å². The molecule has 0 aliphatic carbocycles. The molecule has 0 amide bonds. The molecule has 0 bridgehead atoms. The van der Waals surface area contributed by atoms with Crippen LogP contribution < -0.4 is 17.0 Å². The summed E-state index contributed by atoms with van der Waals surface area (Å²) in [5.74, 6) is 1.49. The molecule has 1 aliphatic heterocycles. The van der Waals surface area contributed by atoms with E-state index < -0.39 is 4.92 Å². The second-order valence-electron chi connectivity index (χ2n) is 4.20. The lowest BCUT2D eigenvalue weighted by Crippen LogP contribution is -3.00. The van der Waals surface area contributed by atoms with Gasteiger partial charge in [-0.15, -0.1) is 10.2 Å². The average Bonchev–Trinajstić information content (AvgIpc) is 2.89. The van der Waals surface area contributed by atoms with Gasteiger partial charge in [0.2, 0.25) is 5.16 Å². The topological polar surface area (TPSA) is 86.2 Å². The van der Waals surface area contributed by atoms with Crippen molar-refractivity contribution in [1.82, 2.24) is 14.9 Å². The van der Waals surface area contributed by atoms with Gasteiger partial charge in [0.05, 0.1) is 10.6 Å². The van der Waals surface area contributed by atoms with E-state index in [1.807, 2.05) is 6.92 Å². The summed E-state index contributed by atoms with van der Waals surface area (Å²) in [5.41, 5.74) is 1.83. The van der Waals surface area contributed by atoms with Crippen LogP contribution in [0.4, 0.5) is 5.69 Å². The van der Waals surface area contributed by atoms with Crippen molar-refractivity contribution in [2.24, 2.45) is 5.10 Å². The average molecular weight is 369 g/mol. The van der Waals surface area contributed by atoms with Crippen molar-refractivity contribution in [3.8, 4) is 0 Å². The number of aryl methyl sites for hydroxylation is 1. The number of benzene rings is 1. The standard InChI is InChI=1S/C12H11N5O2S.BrH/c1-2-11-13-14-12-16(11)15-10(7-20-12)8-3-5-9(6-4-8)17(18)19;/h3-6H,2,7H2,1H3;1H/p-1. The van der Waals surface area contributed by atoms with Crippen LogP contribution in [0, 0.1) is 10.1 Å². The minimum absolute atomic E-state index is 0. The van der Waals surface area contributed by atoms with Gasteiger partial charge in [-0.25, -0.2) is 0 Å². The number of hydrogen-bond acceptors (Lipinski definition) is 6. The zero-order chi connectivity index (χ0) is 14.1. The summed E-state index contributed by atoms with van der Waals surface area (Å²) in [7, 11) is 0. The maximum atomic E-state index is 10.7. The van der Waals surface area contributed by atoms with Gasteiger partial charge in [-0.2, -0.15) is 9.78 Å². The molecule has 0 saturated carbocycles. The van der Waals surface area contributed by atoms with Gasteiger partial charge in [-0.3, -0.25) is 10.1 Å². The summed E-state index contributed by atoms with van der Waals surface area (Å²) in [6.07, 6.45) is 0.755. The fraction of sp³-hybridized carbons (Fsp3) is 0.250. The summed E-state index contributed by atoms with van der Waals surface area (Å²) in [4.78, 5) is 10.2. The molecule has 1 aromatic heterocycles. The Labute approximate surface area is 135 Å². The van der Waals surface area contributed by atoms with Gasteiger partial charge in [-0.05, 0) is 17.7 Å². The molecule has 21 heavy (non-hydrogen) atoms. The first-order chi connectivity index (χ1) is 9.69. The van der Waals surface area contributed by atoms with Gasteiger partial charge >= 0.3 is 0 Å². The third-order valence-corrected chi connectivity index (χ3v) is 3.89. The van der Waals surface area contributed by atoms with E-state index in [0.717, 1.165) is 28.7 Å². The number of non-ortho nitro benzene ring substituents is 1. The summed E-state index contributed by atoms with van der Waals surface area (Å²) in [5, 5.41) is 24.1. The highest BCUT2D eigenvalue weighted by Crippen LogP contribution is 2.24. The van der Waals surface area contributed by atoms with Gasteiger partial charge in [-0.1, -0.05) is 18.7 Å². The number of nitrogens with zero attached hydrogens (tertiary/aromatic N) is 5. The number of halogens is 1. The molecule has 0 fully saturated rings. The molecule has 7 nitrogen and oxygen atoms in total. The Morgan fingerprint density at radius 3 is 2.67 bits per heavy atom. The SMILES string of the molecule is CCc1nnc2n1N=C(c1ccc([N+](=O)[O-])cc1)CS2.[Br-]. The lowest BCUT2D eigenvalue weighted by atomic mass is 10.1. The second kappa shape index (κ2) is 6.35. The van der Waals surface area contributed by atoms with E-state index in [1.165, 1.54) is 12.1 Å². The summed E-state index contributed by atoms with van der Waals surface area (Å²) >= 11 is 1.56. The fourth-order valence-corrected chi connectivity index (χ4v) is 2.76. The number of aromatic nitrogens is 3. The van der Waals surface area contributed by atoms with Crippen LogP contribution in [0.25, 0.3) is 0 Å². The Hall–Kier alpha value is -1.74.